The van der Waals surface area contributed by atoms with Gasteiger partial charge in [-0.25, -0.2) is 0 Å². The molecule has 0 aromatic carbocycles. The summed E-state index contributed by atoms with van der Waals surface area (Å²) in [5.41, 5.74) is 10.9. The van der Waals surface area contributed by atoms with Gasteiger partial charge in [0, 0.05) is 26.2 Å². The Morgan fingerprint density at radius 1 is 0.882 bits per heavy atom. The molecule has 7 nitrogen and oxygen atoms in total. The van der Waals surface area contributed by atoms with E-state index in [1.54, 1.807) is 0 Å². The first-order chi connectivity index (χ1) is 8.31. The van der Waals surface area contributed by atoms with Gasteiger partial charge in [0.15, 0.2) is 12.6 Å². The van der Waals surface area contributed by atoms with Crippen LogP contribution in [0.3, 0.4) is 0 Å². The van der Waals surface area contributed by atoms with Crippen LogP contribution in [-0.2, 0) is 18.9 Å². The lowest BCUT2D eigenvalue weighted by molar-refractivity contribution is -0.0596. The fourth-order valence-electron chi connectivity index (χ4n) is 1.84. The summed E-state index contributed by atoms with van der Waals surface area (Å²) in [4.78, 5) is 0. The van der Waals surface area contributed by atoms with Crippen LogP contribution in [0.5, 0.6) is 0 Å². The molecule has 2 aliphatic heterocycles. The zero-order chi connectivity index (χ0) is 12.1. The molecule has 2 saturated heterocycles. The first kappa shape index (κ1) is 13.2. The third-order valence-electron chi connectivity index (χ3n) is 2.76. The monoisotopic (exact) mass is 247 g/mol. The SMILES string of the molecule is NCC1COC(CNCC2COC(CN)O2)O1. The second-order valence-corrected chi connectivity index (χ2v) is 4.17. The average molecular weight is 247 g/mol. The van der Waals surface area contributed by atoms with Crippen molar-refractivity contribution in [1.29, 1.82) is 0 Å². The largest absolute Gasteiger partial charge is 0.349 e. The molecule has 0 saturated carbocycles. The van der Waals surface area contributed by atoms with Gasteiger partial charge in [-0.05, 0) is 0 Å². The van der Waals surface area contributed by atoms with E-state index in [9.17, 15) is 0 Å². The van der Waals surface area contributed by atoms with Gasteiger partial charge in [0.1, 0.15) is 0 Å². The van der Waals surface area contributed by atoms with E-state index < -0.39 is 0 Å². The lowest BCUT2D eigenvalue weighted by Gasteiger charge is -2.14. The molecule has 2 aliphatic rings. The average Bonchev–Trinajstić information content (AvgIpc) is 2.97. The molecule has 5 N–H and O–H groups in total. The van der Waals surface area contributed by atoms with Gasteiger partial charge in [0.25, 0.3) is 0 Å². The van der Waals surface area contributed by atoms with Crippen molar-refractivity contribution in [2.75, 3.05) is 39.4 Å². The lowest BCUT2D eigenvalue weighted by Crippen LogP contribution is -2.35. The normalized spacial score (nSPS) is 37.8. The van der Waals surface area contributed by atoms with Gasteiger partial charge in [-0.15, -0.1) is 0 Å². The van der Waals surface area contributed by atoms with Crippen molar-refractivity contribution < 1.29 is 18.9 Å². The van der Waals surface area contributed by atoms with Crippen molar-refractivity contribution in [3.8, 4) is 0 Å². The first-order valence-corrected chi connectivity index (χ1v) is 5.96. The van der Waals surface area contributed by atoms with Crippen molar-refractivity contribution in [2.24, 2.45) is 11.5 Å². The minimum atomic E-state index is -0.262. The van der Waals surface area contributed by atoms with Crippen molar-refractivity contribution in [2.45, 2.75) is 24.8 Å². The highest BCUT2D eigenvalue weighted by molar-refractivity contribution is 4.71. The molecule has 2 fully saturated rings. The predicted octanol–water partition coefficient (Wildman–Crippen LogP) is -2.02. The van der Waals surface area contributed by atoms with Crippen LogP contribution in [0, 0.1) is 0 Å². The van der Waals surface area contributed by atoms with E-state index in [-0.39, 0.29) is 24.8 Å². The van der Waals surface area contributed by atoms with Gasteiger partial charge < -0.3 is 35.7 Å². The van der Waals surface area contributed by atoms with E-state index in [1.165, 1.54) is 0 Å². The molecule has 0 amide bonds. The Labute approximate surface area is 101 Å². The molecule has 17 heavy (non-hydrogen) atoms. The fourth-order valence-corrected chi connectivity index (χ4v) is 1.84. The van der Waals surface area contributed by atoms with Crippen molar-refractivity contribution >= 4 is 0 Å². The molecule has 0 aromatic rings. The summed E-state index contributed by atoms with van der Waals surface area (Å²) in [6.45, 7) is 3.36. The molecule has 0 aliphatic carbocycles. The van der Waals surface area contributed by atoms with Crippen LogP contribution < -0.4 is 16.8 Å². The van der Waals surface area contributed by atoms with Crippen LogP contribution >= 0.6 is 0 Å². The van der Waals surface area contributed by atoms with Gasteiger partial charge in [-0.3, -0.25) is 0 Å². The van der Waals surface area contributed by atoms with E-state index in [4.69, 9.17) is 30.4 Å². The molecule has 0 radical (unpaired) electrons. The molecular formula is C10H21N3O4. The van der Waals surface area contributed by atoms with Crippen LogP contribution in [0.1, 0.15) is 0 Å². The standard InChI is InChI=1S/C10H21N3O4/c11-1-7-5-15-10(16-7)4-13-3-8-6-14-9(2-12)17-8/h7-10,13H,1-6,11-12H2. The minimum Gasteiger partial charge on any atom is -0.349 e. The minimum absolute atomic E-state index is 0.0227. The number of hydrogen-bond donors (Lipinski definition) is 3. The third kappa shape index (κ3) is 3.85. The third-order valence-corrected chi connectivity index (χ3v) is 2.76. The Bertz CT molecular complexity index is 210. The van der Waals surface area contributed by atoms with E-state index in [2.05, 4.69) is 5.32 Å². The van der Waals surface area contributed by atoms with Crippen molar-refractivity contribution in [1.82, 2.24) is 5.32 Å². The summed E-state index contributed by atoms with van der Waals surface area (Å²) >= 11 is 0. The van der Waals surface area contributed by atoms with Crippen LogP contribution in [0.4, 0.5) is 0 Å². The molecule has 2 heterocycles. The van der Waals surface area contributed by atoms with E-state index in [0.29, 0.717) is 39.4 Å². The number of nitrogens with two attached hydrogens (primary N) is 2. The summed E-state index contributed by atoms with van der Waals surface area (Å²) < 4.78 is 21.7. The van der Waals surface area contributed by atoms with Crippen molar-refractivity contribution in [3.05, 3.63) is 0 Å². The lowest BCUT2D eigenvalue weighted by atomic mass is 10.4. The molecule has 4 atom stereocenters. The van der Waals surface area contributed by atoms with Crippen LogP contribution in [0.15, 0.2) is 0 Å². The predicted molar refractivity (Wildman–Crippen MR) is 60.2 cm³/mol. The van der Waals surface area contributed by atoms with Crippen LogP contribution in [0.2, 0.25) is 0 Å². The zero-order valence-corrected chi connectivity index (χ0v) is 9.84. The second-order valence-electron chi connectivity index (χ2n) is 4.17. The zero-order valence-electron chi connectivity index (χ0n) is 9.84. The molecule has 4 unspecified atom stereocenters. The molecular weight excluding hydrogens is 226 g/mol. The summed E-state index contributed by atoms with van der Waals surface area (Å²) in [7, 11) is 0. The van der Waals surface area contributed by atoms with Gasteiger partial charge in [0.05, 0.1) is 25.4 Å². The summed E-state index contributed by atoms with van der Waals surface area (Å²) in [6.07, 6.45) is -0.400. The molecule has 100 valence electrons. The molecule has 7 heteroatoms. The first-order valence-electron chi connectivity index (χ1n) is 5.96. The molecule has 0 bridgehead atoms. The van der Waals surface area contributed by atoms with Crippen LogP contribution in [-0.4, -0.2) is 64.2 Å². The number of ether oxygens (including phenoxy) is 4. The highest BCUT2D eigenvalue weighted by Crippen LogP contribution is 2.11. The highest BCUT2D eigenvalue weighted by Gasteiger charge is 2.27. The van der Waals surface area contributed by atoms with E-state index in [1.807, 2.05) is 0 Å². The number of nitrogens with one attached hydrogen (secondary N) is 1. The maximum absolute atomic E-state index is 5.52. The van der Waals surface area contributed by atoms with E-state index in [0.717, 1.165) is 0 Å². The van der Waals surface area contributed by atoms with Crippen molar-refractivity contribution in [3.63, 3.8) is 0 Å². The maximum Gasteiger partial charge on any atom is 0.170 e. The molecule has 2 rings (SSSR count). The fraction of sp³-hybridized carbons (Fsp3) is 1.00. The van der Waals surface area contributed by atoms with Gasteiger partial charge in [0.2, 0.25) is 0 Å². The molecule has 0 aromatic heterocycles. The van der Waals surface area contributed by atoms with Gasteiger partial charge in [-0.1, -0.05) is 0 Å². The summed E-state index contributed by atoms with van der Waals surface area (Å²) in [5, 5.41) is 3.22. The molecule has 0 spiro atoms. The highest BCUT2D eigenvalue weighted by atomic mass is 16.7. The smallest absolute Gasteiger partial charge is 0.170 e. The summed E-state index contributed by atoms with van der Waals surface area (Å²) in [6, 6.07) is 0. The summed E-state index contributed by atoms with van der Waals surface area (Å²) in [5.74, 6) is 0. The number of rotatable bonds is 6. The number of hydrogen-bond acceptors (Lipinski definition) is 7. The van der Waals surface area contributed by atoms with E-state index >= 15 is 0 Å². The quantitative estimate of drug-likeness (QED) is 0.498. The second kappa shape index (κ2) is 6.60. The Morgan fingerprint density at radius 2 is 1.59 bits per heavy atom. The Hall–Kier alpha value is -0.280. The Morgan fingerprint density at radius 3 is 2.24 bits per heavy atom. The topological polar surface area (TPSA) is 101 Å². The Kier molecular flexibility index (Phi) is 5.11. The van der Waals surface area contributed by atoms with Crippen LogP contribution in [0.25, 0.3) is 0 Å². The van der Waals surface area contributed by atoms with Gasteiger partial charge >= 0.3 is 0 Å². The Balaban J connectivity index is 1.55. The maximum atomic E-state index is 5.52. The van der Waals surface area contributed by atoms with Gasteiger partial charge in [-0.2, -0.15) is 0 Å².